The highest BCUT2D eigenvalue weighted by atomic mass is 16.3. The van der Waals surface area contributed by atoms with Crippen molar-refractivity contribution in [2.45, 2.75) is 0 Å². The predicted octanol–water partition coefficient (Wildman–Crippen LogP) is 0.459. The van der Waals surface area contributed by atoms with Gasteiger partial charge < -0.3 is 5.11 Å². The Labute approximate surface area is 52.2 Å². The van der Waals surface area contributed by atoms with Crippen LogP contribution in [0.1, 0.15) is 5.56 Å². The van der Waals surface area contributed by atoms with Crippen molar-refractivity contribution in [3.63, 3.8) is 0 Å². The molecule has 0 amide bonds. The Balaban J connectivity index is 3.12. The molecule has 3 heteroatoms. The van der Waals surface area contributed by atoms with Gasteiger partial charge in [0.05, 0.1) is 17.8 Å². The van der Waals surface area contributed by atoms with Crippen molar-refractivity contribution in [3.8, 4) is 11.9 Å². The summed E-state index contributed by atoms with van der Waals surface area (Å²) in [6, 6.07) is 4.51. The van der Waals surface area contributed by atoms with Gasteiger partial charge in [-0.2, -0.15) is 5.26 Å². The number of hydrogen-bond donors (Lipinski definition) is 1. The van der Waals surface area contributed by atoms with Crippen molar-refractivity contribution >= 4 is 0 Å². The number of hydrogen-bond acceptors (Lipinski definition) is 3. The summed E-state index contributed by atoms with van der Waals surface area (Å²) in [4.78, 5) is 3.37. The minimum atomic E-state index is -0.172. The Morgan fingerprint density at radius 2 is 2.56 bits per heavy atom. The van der Waals surface area contributed by atoms with Crippen LogP contribution in [-0.2, 0) is 0 Å². The molecule has 0 unspecified atom stereocenters. The molecule has 9 heavy (non-hydrogen) atoms. The van der Waals surface area contributed by atoms with Gasteiger partial charge in [0.1, 0.15) is 0 Å². The summed E-state index contributed by atoms with van der Waals surface area (Å²) in [6.45, 7) is 0. The van der Waals surface area contributed by atoms with Crippen LogP contribution < -0.4 is 0 Å². The smallest absolute Gasteiger partial charge is 0.212 e. The van der Waals surface area contributed by atoms with Crippen LogP contribution in [-0.4, -0.2) is 10.1 Å². The first-order valence-corrected chi connectivity index (χ1v) is 2.30. The van der Waals surface area contributed by atoms with Crippen LogP contribution in [0.25, 0.3) is 0 Å². The van der Waals surface area contributed by atoms with E-state index < -0.39 is 0 Å². The first-order chi connectivity index (χ1) is 4.33. The maximum atomic E-state index is 8.65. The minimum absolute atomic E-state index is 0.172. The molecule has 1 heterocycles. The standard InChI is InChI=1S/C6H3N2O/c7-4-5-1-2-8-6(9)3-5/h1,3H,(H,8,9). The van der Waals surface area contributed by atoms with Gasteiger partial charge in [-0.05, 0) is 6.07 Å². The molecular weight excluding hydrogens is 116 g/mol. The molecule has 0 fully saturated rings. The second-order valence-corrected chi connectivity index (χ2v) is 1.45. The Kier molecular flexibility index (Phi) is 1.32. The molecule has 0 aromatic carbocycles. The van der Waals surface area contributed by atoms with Crippen molar-refractivity contribution < 1.29 is 5.11 Å². The lowest BCUT2D eigenvalue weighted by Gasteiger charge is -1.86. The molecule has 43 valence electrons. The van der Waals surface area contributed by atoms with Gasteiger partial charge >= 0.3 is 0 Å². The molecule has 1 rings (SSSR count). The quantitative estimate of drug-likeness (QED) is 0.539. The highest BCUT2D eigenvalue weighted by molar-refractivity contribution is 5.29. The largest absolute Gasteiger partial charge is 0.493 e. The molecule has 0 bridgehead atoms. The van der Waals surface area contributed by atoms with Crippen LogP contribution in [0.15, 0.2) is 12.1 Å². The van der Waals surface area contributed by atoms with E-state index in [0.717, 1.165) is 0 Å². The Morgan fingerprint density at radius 1 is 1.78 bits per heavy atom. The van der Waals surface area contributed by atoms with Crippen molar-refractivity contribution in [3.05, 3.63) is 23.9 Å². The van der Waals surface area contributed by atoms with E-state index in [1.807, 2.05) is 6.07 Å². The molecule has 0 saturated carbocycles. The maximum absolute atomic E-state index is 8.65. The second-order valence-electron chi connectivity index (χ2n) is 1.45. The summed E-state index contributed by atoms with van der Waals surface area (Å²) in [5.74, 6) is -0.172. The molecule has 0 saturated heterocycles. The molecule has 1 aromatic heterocycles. The van der Waals surface area contributed by atoms with Crippen molar-refractivity contribution in [1.29, 1.82) is 5.26 Å². The van der Waals surface area contributed by atoms with E-state index in [9.17, 15) is 0 Å². The van der Waals surface area contributed by atoms with Gasteiger partial charge in [0.15, 0.2) is 0 Å². The third-order valence-electron chi connectivity index (χ3n) is 0.813. The van der Waals surface area contributed by atoms with Crippen LogP contribution in [0.5, 0.6) is 5.88 Å². The molecule has 0 aliphatic heterocycles. The number of nitrogens with zero attached hydrogens (tertiary/aromatic N) is 2. The fourth-order valence-electron chi connectivity index (χ4n) is 0.446. The molecule has 0 atom stereocenters. The lowest BCUT2D eigenvalue weighted by molar-refractivity contribution is 0.453. The van der Waals surface area contributed by atoms with Crippen molar-refractivity contribution in [2.75, 3.05) is 0 Å². The summed E-state index contributed by atoms with van der Waals surface area (Å²) >= 11 is 0. The molecule has 3 nitrogen and oxygen atoms in total. The monoisotopic (exact) mass is 119 g/mol. The topological polar surface area (TPSA) is 56.9 Å². The Hall–Kier alpha value is -1.56. The SMILES string of the molecule is N#Cc1c[c]nc(O)c1. The molecular formula is C6H3N2O. The van der Waals surface area contributed by atoms with Crippen molar-refractivity contribution in [2.24, 2.45) is 0 Å². The minimum Gasteiger partial charge on any atom is -0.493 e. The third kappa shape index (κ3) is 1.16. The molecule has 1 aromatic rings. The van der Waals surface area contributed by atoms with E-state index in [0.29, 0.717) is 5.56 Å². The highest BCUT2D eigenvalue weighted by Gasteiger charge is 1.90. The number of aromatic hydroxyl groups is 1. The van der Waals surface area contributed by atoms with Crippen LogP contribution >= 0.6 is 0 Å². The molecule has 0 aliphatic carbocycles. The van der Waals surface area contributed by atoms with Gasteiger partial charge in [-0.25, -0.2) is 4.98 Å². The zero-order valence-corrected chi connectivity index (χ0v) is 4.50. The molecule has 0 aliphatic rings. The van der Waals surface area contributed by atoms with E-state index in [-0.39, 0.29) is 5.88 Å². The molecule has 1 radical (unpaired) electrons. The average molecular weight is 119 g/mol. The lowest BCUT2D eigenvalue weighted by Crippen LogP contribution is -1.75. The zero-order valence-electron chi connectivity index (χ0n) is 4.50. The average Bonchev–Trinajstić information content (AvgIpc) is 1.88. The zero-order chi connectivity index (χ0) is 6.69. The fourth-order valence-corrected chi connectivity index (χ4v) is 0.446. The first kappa shape index (κ1) is 5.57. The van der Waals surface area contributed by atoms with Crippen LogP contribution in [0.3, 0.4) is 0 Å². The summed E-state index contributed by atoms with van der Waals surface area (Å²) in [5, 5.41) is 16.9. The third-order valence-corrected chi connectivity index (χ3v) is 0.813. The lowest BCUT2D eigenvalue weighted by atomic mass is 10.3. The number of pyridine rings is 1. The normalized spacial score (nSPS) is 8.33. The fraction of sp³-hybridized carbons (Fsp3) is 0. The highest BCUT2D eigenvalue weighted by Crippen LogP contribution is 2.03. The second kappa shape index (κ2) is 2.14. The van der Waals surface area contributed by atoms with E-state index >= 15 is 0 Å². The van der Waals surface area contributed by atoms with Crippen LogP contribution in [0, 0.1) is 17.5 Å². The number of rotatable bonds is 0. The van der Waals surface area contributed by atoms with Crippen LogP contribution in [0.2, 0.25) is 0 Å². The number of nitriles is 1. The molecule has 0 spiro atoms. The summed E-state index contributed by atoms with van der Waals surface area (Å²) in [7, 11) is 0. The van der Waals surface area contributed by atoms with Gasteiger partial charge in [-0.15, -0.1) is 0 Å². The Morgan fingerprint density at radius 3 is 3.00 bits per heavy atom. The number of aromatic nitrogens is 1. The maximum Gasteiger partial charge on any atom is 0.212 e. The van der Waals surface area contributed by atoms with E-state index in [4.69, 9.17) is 10.4 Å². The van der Waals surface area contributed by atoms with Crippen molar-refractivity contribution in [1.82, 2.24) is 4.98 Å². The predicted molar refractivity (Wildman–Crippen MR) is 29.5 cm³/mol. The van der Waals surface area contributed by atoms with Gasteiger partial charge in [0, 0.05) is 6.07 Å². The van der Waals surface area contributed by atoms with E-state index in [2.05, 4.69) is 11.2 Å². The van der Waals surface area contributed by atoms with Gasteiger partial charge in [0.2, 0.25) is 5.88 Å². The van der Waals surface area contributed by atoms with E-state index in [1.165, 1.54) is 12.1 Å². The summed E-state index contributed by atoms with van der Waals surface area (Å²) in [5.41, 5.74) is 0.363. The van der Waals surface area contributed by atoms with Crippen LogP contribution in [0.4, 0.5) is 0 Å². The van der Waals surface area contributed by atoms with Gasteiger partial charge in [0.25, 0.3) is 0 Å². The Bertz CT molecular complexity index is 251. The van der Waals surface area contributed by atoms with E-state index in [1.54, 1.807) is 0 Å². The summed E-state index contributed by atoms with van der Waals surface area (Å²) < 4.78 is 0. The molecule has 1 N–H and O–H groups in total. The first-order valence-electron chi connectivity index (χ1n) is 2.30. The summed E-state index contributed by atoms with van der Waals surface area (Å²) in [6.07, 6.45) is 2.36. The van der Waals surface area contributed by atoms with Gasteiger partial charge in [-0.3, -0.25) is 0 Å². The van der Waals surface area contributed by atoms with Gasteiger partial charge in [-0.1, -0.05) is 0 Å².